The van der Waals surface area contributed by atoms with Crippen LogP contribution in [-0.2, 0) is 9.59 Å². The molecule has 0 saturated carbocycles. The van der Waals surface area contributed by atoms with Crippen LogP contribution >= 0.6 is 23.2 Å². The third-order valence-electron chi connectivity index (χ3n) is 6.22. The summed E-state index contributed by atoms with van der Waals surface area (Å²) in [5.41, 5.74) is 2.15. The molecule has 1 aliphatic heterocycles. The zero-order chi connectivity index (χ0) is 30.9. The number of benzene rings is 3. The Morgan fingerprint density at radius 3 is 2.33 bits per heavy atom. The van der Waals surface area contributed by atoms with Crippen LogP contribution in [0.3, 0.4) is 0 Å². The number of nitrogens with zero attached hydrogens (tertiary/aromatic N) is 1. The van der Waals surface area contributed by atoms with Crippen molar-refractivity contribution < 1.29 is 28.7 Å². The number of carboxylic acid groups (broad SMARTS) is 1. The average molecular weight is 629 g/mol. The van der Waals surface area contributed by atoms with Gasteiger partial charge in [0.2, 0.25) is 5.91 Å². The zero-order valence-electron chi connectivity index (χ0n) is 22.5. The zero-order valence-corrected chi connectivity index (χ0v) is 24.0. The fourth-order valence-electron chi connectivity index (χ4n) is 4.04. The van der Waals surface area contributed by atoms with Gasteiger partial charge in [-0.2, -0.15) is 0 Å². The average Bonchev–Trinajstić information content (AvgIpc) is 2.99. The normalized spacial score (nSPS) is 14.9. The number of hydrogen-bond donors (Lipinski definition) is 6. The molecule has 14 heteroatoms. The third kappa shape index (κ3) is 8.66. The number of carboxylic acids is 1. The summed E-state index contributed by atoms with van der Waals surface area (Å²) in [5.74, 6) is -3.12. The van der Waals surface area contributed by atoms with Gasteiger partial charge in [-0.3, -0.25) is 14.4 Å². The third-order valence-corrected chi connectivity index (χ3v) is 6.81. The van der Waals surface area contributed by atoms with Crippen LogP contribution in [0.5, 0.6) is 0 Å². The Balaban J connectivity index is 1.29. The number of halogens is 3. The number of alkyl halides is 1. The van der Waals surface area contributed by atoms with Crippen molar-refractivity contribution in [1.29, 1.82) is 0 Å². The summed E-state index contributed by atoms with van der Waals surface area (Å²) in [6, 6.07) is 17.2. The van der Waals surface area contributed by atoms with Gasteiger partial charge in [0, 0.05) is 17.8 Å². The van der Waals surface area contributed by atoms with Gasteiger partial charge in [0.25, 0.3) is 11.8 Å². The maximum absolute atomic E-state index is 13.2. The number of nitrogens with one attached hydrogen (secondary N) is 5. The molecule has 1 unspecified atom stereocenters. The molecular weight excluding hydrogens is 602 g/mol. The summed E-state index contributed by atoms with van der Waals surface area (Å²) in [6.07, 6.45) is -1.06. The van der Waals surface area contributed by atoms with Crippen LogP contribution in [0.4, 0.5) is 10.1 Å². The minimum atomic E-state index is -1.51. The van der Waals surface area contributed by atoms with E-state index >= 15 is 0 Å². The van der Waals surface area contributed by atoms with E-state index in [2.05, 4.69) is 31.6 Å². The monoisotopic (exact) mass is 628 g/mol. The largest absolute Gasteiger partial charge is 0.480 e. The van der Waals surface area contributed by atoms with Crippen molar-refractivity contribution in [2.75, 3.05) is 31.5 Å². The molecule has 1 heterocycles. The van der Waals surface area contributed by atoms with E-state index < -0.39 is 49.0 Å². The highest BCUT2D eigenvalue weighted by Gasteiger charge is 2.25. The van der Waals surface area contributed by atoms with Crippen molar-refractivity contribution in [3.8, 4) is 11.1 Å². The highest BCUT2D eigenvalue weighted by molar-refractivity contribution is 6.40. The first kappa shape index (κ1) is 31.3. The minimum absolute atomic E-state index is 0.0235. The first-order valence-corrected chi connectivity index (χ1v) is 13.8. The molecule has 224 valence electrons. The maximum Gasteiger partial charge on any atom is 0.328 e. The van der Waals surface area contributed by atoms with Crippen molar-refractivity contribution in [2.45, 2.75) is 12.2 Å². The molecular formula is C29H27Cl2FN6O5. The van der Waals surface area contributed by atoms with E-state index in [1.165, 1.54) is 12.1 Å². The standard InChI is InChI=1S/C29H27Cl2FN6O5/c30-21-10-18(16-5-2-1-3-6-16)11-22(31)25(21)27(41)38-23(28(42)43)14-33-24(39)15-34-26(40)17-7-4-8-20(9-17)37-29-35-12-19(32)13-36-29/h1-11,19,23H,12-15H2,(H,33,39)(H,34,40)(H,38,41)(H,42,43)(H2,35,36,37)/t23-/m1/s1. The number of guanidine groups is 1. The molecule has 1 aliphatic rings. The predicted molar refractivity (Wildman–Crippen MR) is 161 cm³/mol. The highest BCUT2D eigenvalue weighted by atomic mass is 35.5. The van der Waals surface area contributed by atoms with Gasteiger partial charge in [-0.15, -0.1) is 0 Å². The van der Waals surface area contributed by atoms with Crippen LogP contribution in [-0.4, -0.2) is 73.1 Å². The van der Waals surface area contributed by atoms with Gasteiger partial charge in [0.05, 0.1) is 35.2 Å². The second-order valence-electron chi connectivity index (χ2n) is 9.41. The molecule has 0 aromatic heterocycles. The summed E-state index contributed by atoms with van der Waals surface area (Å²) >= 11 is 12.7. The molecule has 0 saturated heterocycles. The van der Waals surface area contributed by atoms with Gasteiger partial charge in [-0.25, -0.2) is 14.2 Å². The van der Waals surface area contributed by atoms with Crippen LogP contribution in [0, 0.1) is 0 Å². The molecule has 0 fully saturated rings. The Labute approximate surface area is 255 Å². The molecule has 3 aromatic carbocycles. The molecule has 3 aromatic rings. The topological polar surface area (TPSA) is 161 Å². The van der Waals surface area contributed by atoms with Crippen molar-refractivity contribution in [2.24, 2.45) is 4.99 Å². The summed E-state index contributed by atoms with van der Waals surface area (Å²) < 4.78 is 13.2. The Morgan fingerprint density at radius 2 is 1.67 bits per heavy atom. The van der Waals surface area contributed by atoms with Crippen molar-refractivity contribution in [3.05, 3.63) is 87.9 Å². The number of carbonyl (C=O) groups excluding carboxylic acids is 3. The number of rotatable bonds is 10. The number of anilines is 1. The molecule has 3 amide bonds. The van der Waals surface area contributed by atoms with Gasteiger partial charge < -0.3 is 31.7 Å². The second kappa shape index (κ2) is 14.5. The molecule has 0 radical (unpaired) electrons. The van der Waals surface area contributed by atoms with E-state index in [9.17, 15) is 28.7 Å². The summed E-state index contributed by atoms with van der Waals surface area (Å²) in [7, 11) is 0. The number of aliphatic imine (C=N–C) groups is 1. The Morgan fingerprint density at radius 1 is 0.953 bits per heavy atom. The second-order valence-corrected chi connectivity index (χ2v) is 10.2. The molecule has 43 heavy (non-hydrogen) atoms. The van der Waals surface area contributed by atoms with E-state index in [1.807, 2.05) is 30.3 Å². The van der Waals surface area contributed by atoms with Crippen LogP contribution in [0.2, 0.25) is 10.0 Å². The first-order valence-electron chi connectivity index (χ1n) is 13.0. The lowest BCUT2D eigenvalue weighted by atomic mass is 10.0. The van der Waals surface area contributed by atoms with Gasteiger partial charge in [-0.1, -0.05) is 59.6 Å². The fraction of sp³-hybridized carbons (Fsp3) is 0.207. The van der Waals surface area contributed by atoms with E-state index in [1.54, 1.807) is 24.3 Å². The van der Waals surface area contributed by atoms with Gasteiger partial charge in [0.1, 0.15) is 12.2 Å². The summed E-state index contributed by atoms with van der Waals surface area (Å²) in [4.78, 5) is 53.6. The van der Waals surface area contributed by atoms with Crippen LogP contribution in [0.15, 0.2) is 71.7 Å². The van der Waals surface area contributed by atoms with E-state index in [0.717, 1.165) is 5.56 Å². The van der Waals surface area contributed by atoms with Crippen LogP contribution in [0.1, 0.15) is 20.7 Å². The van der Waals surface area contributed by atoms with Crippen molar-refractivity contribution >= 4 is 58.5 Å². The Kier molecular flexibility index (Phi) is 10.5. The smallest absolute Gasteiger partial charge is 0.328 e. The lowest BCUT2D eigenvalue weighted by molar-refractivity contribution is -0.139. The first-order chi connectivity index (χ1) is 20.6. The minimum Gasteiger partial charge on any atom is -0.480 e. The quantitative estimate of drug-likeness (QED) is 0.201. The maximum atomic E-state index is 13.2. The van der Waals surface area contributed by atoms with Crippen LogP contribution < -0.4 is 26.6 Å². The van der Waals surface area contributed by atoms with Gasteiger partial charge >= 0.3 is 5.97 Å². The number of hydrogen-bond acceptors (Lipinski definition) is 7. The predicted octanol–water partition coefficient (Wildman–Crippen LogP) is 3.10. The molecule has 0 spiro atoms. The van der Waals surface area contributed by atoms with E-state index in [0.29, 0.717) is 17.2 Å². The lowest BCUT2D eigenvalue weighted by Crippen LogP contribution is -2.50. The van der Waals surface area contributed by atoms with E-state index in [4.69, 9.17) is 23.2 Å². The van der Waals surface area contributed by atoms with Crippen molar-refractivity contribution in [3.63, 3.8) is 0 Å². The summed E-state index contributed by atoms with van der Waals surface area (Å²) in [5, 5.41) is 22.5. The van der Waals surface area contributed by atoms with Crippen molar-refractivity contribution in [1.82, 2.24) is 21.3 Å². The Bertz CT molecular complexity index is 1530. The van der Waals surface area contributed by atoms with Gasteiger partial charge in [0.15, 0.2) is 5.96 Å². The molecule has 4 rings (SSSR count). The van der Waals surface area contributed by atoms with Gasteiger partial charge in [-0.05, 0) is 41.5 Å². The number of carbonyl (C=O) groups is 4. The molecule has 11 nitrogen and oxygen atoms in total. The SMILES string of the molecule is O=C(CNC(=O)c1cccc(NC2=NCC(F)CN2)c1)NC[C@@H](NC(=O)c1c(Cl)cc(-c2ccccc2)cc1Cl)C(=O)O. The number of amides is 3. The molecule has 2 atom stereocenters. The van der Waals surface area contributed by atoms with Crippen LogP contribution in [0.25, 0.3) is 11.1 Å². The Hall–Kier alpha value is -4.68. The highest BCUT2D eigenvalue weighted by Crippen LogP contribution is 2.31. The molecule has 0 aliphatic carbocycles. The fourth-order valence-corrected chi connectivity index (χ4v) is 4.69. The summed E-state index contributed by atoms with van der Waals surface area (Å²) in [6.45, 7) is -0.778. The molecule has 6 N–H and O–H groups in total. The lowest BCUT2D eigenvalue weighted by Gasteiger charge is -2.19. The van der Waals surface area contributed by atoms with E-state index in [-0.39, 0.29) is 34.3 Å². The molecule has 0 bridgehead atoms. The number of aliphatic carboxylic acids is 1.